The van der Waals surface area contributed by atoms with Gasteiger partial charge in [-0.05, 0) is 35.9 Å². The van der Waals surface area contributed by atoms with Crippen LogP contribution in [0.2, 0.25) is 10.0 Å². The Bertz CT molecular complexity index is 866. The van der Waals surface area contributed by atoms with E-state index in [9.17, 15) is 9.59 Å². The van der Waals surface area contributed by atoms with Crippen LogP contribution >= 0.6 is 34.8 Å². The third-order valence-corrected chi connectivity index (χ3v) is 4.26. The number of amides is 1. The molecule has 0 radical (unpaired) electrons. The van der Waals surface area contributed by atoms with Gasteiger partial charge in [-0.15, -0.1) is 11.6 Å². The normalized spacial score (nSPS) is 14.8. The summed E-state index contributed by atoms with van der Waals surface area (Å²) in [5.41, 5.74) is 2.02. The van der Waals surface area contributed by atoms with E-state index < -0.39 is 11.9 Å². The molecule has 0 saturated carbocycles. The molecule has 5 nitrogen and oxygen atoms in total. The lowest BCUT2D eigenvalue weighted by Gasteiger charge is -2.17. The van der Waals surface area contributed by atoms with Gasteiger partial charge in [0.25, 0.3) is 5.91 Å². The molecule has 0 bridgehead atoms. The molecule has 0 aromatic heterocycles. The van der Waals surface area contributed by atoms with Gasteiger partial charge in [0.2, 0.25) is 0 Å². The number of rotatable bonds is 4. The number of oxime groups is 1. The molecule has 3 rings (SSSR count). The molecule has 0 atom stereocenters. The van der Waals surface area contributed by atoms with E-state index >= 15 is 0 Å². The van der Waals surface area contributed by atoms with Crippen molar-refractivity contribution in [2.75, 3.05) is 10.8 Å². The second kappa shape index (κ2) is 7.44. The summed E-state index contributed by atoms with van der Waals surface area (Å²) in [4.78, 5) is 30.2. The zero-order valence-corrected chi connectivity index (χ0v) is 15.0. The van der Waals surface area contributed by atoms with Crippen LogP contribution in [0.3, 0.4) is 0 Å². The quantitative estimate of drug-likeness (QED) is 0.445. The summed E-state index contributed by atoms with van der Waals surface area (Å²) in [7, 11) is 0. The summed E-state index contributed by atoms with van der Waals surface area (Å²) in [5.74, 6) is -1.50. The number of benzene rings is 2. The minimum absolute atomic E-state index is 0.00456. The van der Waals surface area contributed by atoms with E-state index in [0.29, 0.717) is 27.8 Å². The molecule has 1 aliphatic rings. The van der Waals surface area contributed by atoms with Crippen LogP contribution in [0.1, 0.15) is 11.1 Å². The number of halogens is 3. The Morgan fingerprint density at radius 3 is 2.44 bits per heavy atom. The Labute approximate surface area is 158 Å². The number of fused-ring (bicyclic) bond motifs is 1. The van der Waals surface area contributed by atoms with Gasteiger partial charge in [-0.25, -0.2) is 4.79 Å². The van der Waals surface area contributed by atoms with Crippen molar-refractivity contribution in [2.24, 2.45) is 5.16 Å². The number of carbonyl (C=O) groups is 2. The van der Waals surface area contributed by atoms with E-state index in [4.69, 9.17) is 34.8 Å². The number of hydrogen-bond acceptors (Lipinski definition) is 4. The number of hydrogen-bond donors (Lipinski definition) is 0. The lowest BCUT2D eigenvalue weighted by molar-refractivity contribution is -0.140. The van der Waals surface area contributed by atoms with Crippen molar-refractivity contribution in [3.8, 4) is 0 Å². The predicted octanol–water partition coefficient (Wildman–Crippen LogP) is 4.03. The average Bonchev–Trinajstić information content (AvgIpc) is 2.85. The largest absolute Gasteiger partial charge is 0.349 e. The van der Waals surface area contributed by atoms with Crippen molar-refractivity contribution in [1.82, 2.24) is 0 Å². The first kappa shape index (κ1) is 17.7. The molecule has 0 aliphatic carbocycles. The monoisotopic (exact) mass is 396 g/mol. The smallest absolute Gasteiger partial charge is 0.316 e. The van der Waals surface area contributed by atoms with E-state index in [-0.39, 0.29) is 11.6 Å². The Morgan fingerprint density at radius 1 is 1.08 bits per heavy atom. The minimum Gasteiger partial charge on any atom is -0.316 e. The number of nitrogens with zero attached hydrogens (tertiary/aromatic N) is 2. The molecule has 0 saturated heterocycles. The van der Waals surface area contributed by atoms with Crippen LogP contribution in [0.15, 0.2) is 47.6 Å². The van der Waals surface area contributed by atoms with Gasteiger partial charge in [0.1, 0.15) is 5.88 Å². The van der Waals surface area contributed by atoms with Gasteiger partial charge < -0.3 is 9.74 Å². The van der Waals surface area contributed by atoms with Crippen LogP contribution in [0, 0.1) is 0 Å². The fourth-order valence-electron chi connectivity index (χ4n) is 2.42. The molecular formula is C17H11Cl3N2O3. The van der Waals surface area contributed by atoms with Gasteiger partial charge in [0.15, 0.2) is 5.71 Å². The number of anilines is 1. The lowest BCUT2D eigenvalue weighted by Crippen LogP contribution is -2.29. The molecule has 2 aromatic rings. The van der Waals surface area contributed by atoms with Crippen molar-refractivity contribution in [1.29, 1.82) is 0 Å². The average molecular weight is 398 g/mol. The van der Waals surface area contributed by atoms with E-state index in [1.54, 1.807) is 30.3 Å². The van der Waals surface area contributed by atoms with Crippen LogP contribution in [-0.2, 0) is 21.0 Å². The molecule has 2 aromatic carbocycles. The molecule has 8 heteroatoms. The van der Waals surface area contributed by atoms with Gasteiger partial charge in [-0.1, -0.05) is 40.5 Å². The van der Waals surface area contributed by atoms with Crippen LogP contribution in [-0.4, -0.2) is 23.5 Å². The summed E-state index contributed by atoms with van der Waals surface area (Å²) < 4.78 is 0. The van der Waals surface area contributed by atoms with Crippen LogP contribution < -0.4 is 4.90 Å². The Kier molecular flexibility index (Phi) is 5.27. The predicted molar refractivity (Wildman–Crippen MR) is 97.4 cm³/mol. The molecule has 0 fully saturated rings. The summed E-state index contributed by atoms with van der Waals surface area (Å²) in [6, 6.07) is 12.1. The molecule has 1 aliphatic heterocycles. The maximum Gasteiger partial charge on any atom is 0.349 e. The highest BCUT2D eigenvalue weighted by atomic mass is 35.5. The second-order valence-electron chi connectivity index (χ2n) is 5.22. The Balaban J connectivity index is 1.96. The van der Waals surface area contributed by atoms with Crippen LogP contribution in [0.5, 0.6) is 0 Å². The highest BCUT2D eigenvalue weighted by Gasteiger charge is 2.35. The molecular weight excluding hydrogens is 387 g/mol. The molecule has 25 heavy (non-hydrogen) atoms. The van der Waals surface area contributed by atoms with Gasteiger partial charge in [0, 0.05) is 15.6 Å². The maximum atomic E-state index is 12.7. The first-order valence-electron chi connectivity index (χ1n) is 7.19. The van der Waals surface area contributed by atoms with E-state index in [1.165, 1.54) is 4.90 Å². The number of carbonyl (C=O) groups excluding carboxylic acids is 2. The zero-order valence-electron chi connectivity index (χ0n) is 12.7. The van der Waals surface area contributed by atoms with Crippen molar-refractivity contribution in [3.05, 3.63) is 63.6 Å². The van der Waals surface area contributed by atoms with Crippen LogP contribution in [0.4, 0.5) is 5.69 Å². The van der Waals surface area contributed by atoms with E-state index in [2.05, 4.69) is 9.99 Å². The first-order valence-corrected chi connectivity index (χ1v) is 8.48. The molecule has 0 N–H and O–H groups in total. The fourth-order valence-corrected chi connectivity index (χ4v) is 2.77. The van der Waals surface area contributed by atoms with Gasteiger partial charge in [-0.2, -0.15) is 0 Å². The van der Waals surface area contributed by atoms with Crippen LogP contribution in [0.25, 0.3) is 0 Å². The second-order valence-corrected chi connectivity index (χ2v) is 6.36. The molecule has 1 amide bonds. The van der Waals surface area contributed by atoms with Gasteiger partial charge >= 0.3 is 5.97 Å². The number of alkyl halides is 1. The first-order chi connectivity index (χ1) is 12.0. The summed E-state index contributed by atoms with van der Waals surface area (Å²) in [5, 5.41) is 4.73. The van der Waals surface area contributed by atoms with Gasteiger partial charge in [0.05, 0.1) is 12.2 Å². The standard InChI is InChI=1S/C17H11Cl3N2O3/c18-8-15(23)25-21-16-13-7-12(20)5-6-14(13)22(17(16)24)9-10-1-3-11(19)4-2-10/h1-7H,8-9H2/b21-16-. The minimum atomic E-state index is -0.748. The van der Waals surface area contributed by atoms with Crippen molar-refractivity contribution in [3.63, 3.8) is 0 Å². The Hall–Kier alpha value is -2.08. The molecule has 1 heterocycles. The lowest BCUT2D eigenvalue weighted by atomic mass is 10.1. The molecule has 0 spiro atoms. The van der Waals surface area contributed by atoms with Crippen molar-refractivity contribution >= 4 is 58.1 Å². The van der Waals surface area contributed by atoms with E-state index in [0.717, 1.165) is 5.56 Å². The topological polar surface area (TPSA) is 59.0 Å². The van der Waals surface area contributed by atoms with Crippen molar-refractivity contribution in [2.45, 2.75) is 6.54 Å². The summed E-state index contributed by atoms with van der Waals surface area (Å²) >= 11 is 17.3. The summed E-state index contributed by atoms with van der Waals surface area (Å²) in [6.07, 6.45) is 0. The third kappa shape index (κ3) is 3.79. The SMILES string of the molecule is O=C(CCl)O/N=C1\C(=O)N(Cc2ccc(Cl)cc2)c2ccc(Cl)cc21. The summed E-state index contributed by atoms with van der Waals surface area (Å²) in [6.45, 7) is 0.313. The van der Waals surface area contributed by atoms with Gasteiger partial charge in [-0.3, -0.25) is 4.79 Å². The zero-order chi connectivity index (χ0) is 18.0. The fraction of sp³-hybridized carbons (Fsp3) is 0.118. The molecule has 0 unspecified atom stereocenters. The van der Waals surface area contributed by atoms with Crippen molar-refractivity contribution < 1.29 is 14.4 Å². The highest BCUT2D eigenvalue weighted by Crippen LogP contribution is 2.33. The highest BCUT2D eigenvalue weighted by molar-refractivity contribution is 6.54. The van der Waals surface area contributed by atoms with E-state index in [1.807, 2.05) is 12.1 Å². The molecule has 128 valence electrons. The Morgan fingerprint density at radius 2 is 1.76 bits per heavy atom. The third-order valence-electron chi connectivity index (χ3n) is 3.55. The maximum absolute atomic E-state index is 12.7.